The Kier molecular flexibility index (Phi) is 5.40. The first-order valence-corrected chi connectivity index (χ1v) is 5.77. The summed E-state index contributed by atoms with van der Waals surface area (Å²) < 4.78 is 3.89. The monoisotopic (exact) mass is 211 g/mol. The molecule has 1 aromatic rings. The van der Waals surface area contributed by atoms with Crippen LogP contribution in [0.1, 0.15) is 37.1 Å². The molecule has 0 radical (unpaired) electrons. The molecule has 0 fully saturated rings. The minimum atomic E-state index is 0.417. The maximum Gasteiger partial charge on any atom is 0.0669 e. The average molecular weight is 211 g/mol. The molecule has 1 atom stereocenters. The van der Waals surface area contributed by atoms with Gasteiger partial charge in [0.1, 0.15) is 0 Å². The van der Waals surface area contributed by atoms with Crippen molar-refractivity contribution >= 4 is 11.5 Å². The zero-order valence-corrected chi connectivity index (χ0v) is 9.39. The molecule has 4 heteroatoms. The summed E-state index contributed by atoms with van der Waals surface area (Å²) in [6, 6.07) is 0.417. The first kappa shape index (κ1) is 11.3. The van der Waals surface area contributed by atoms with Crippen LogP contribution >= 0.6 is 11.5 Å². The van der Waals surface area contributed by atoms with E-state index >= 15 is 0 Å². The van der Waals surface area contributed by atoms with Gasteiger partial charge in [0.05, 0.1) is 11.1 Å². The van der Waals surface area contributed by atoms with Crippen molar-refractivity contribution in [3.8, 4) is 0 Å². The highest BCUT2D eigenvalue weighted by molar-refractivity contribution is 7.05. The van der Waals surface area contributed by atoms with Crippen LogP contribution in [-0.4, -0.2) is 16.1 Å². The Morgan fingerprint density at radius 2 is 2.57 bits per heavy atom. The molecule has 0 aromatic carbocycles. The summed E-state index contributed by atoms with van der Waals surface area (Å²) in [5.74, 6) is 0. The molecule has 14 heavy (non-hydrogen) atoms. The SMILES string of the molecule is C=CCCCC(NCC)c1cnns1. The normalized spacial score (nSPS) is 12.6. The fourth-order valence-corrected chi connectivity index (χ4v) is 2.00. The maximum atomic E-state index is 3.89. The first-order valence-electron chi connectivity index (χ1n) is 5.00. The molecule has 1 unspecified atom stereocenters. The molecule has 1 rings (SSSR count). The Morgan fingerprint density at radius 3 is 3.14 bits per heavy atom. The number of aromatic nitrogens is 2. The van der Waals surface area contributed by atoms with Crippen molar-refractivity contribution in [3.63, 3.8) is 0 Å². The van der Waals surface area contributed by atoms with Crippen LogP contribution in [0.2, 0.25) is 0 Å². The van der Waals surface area contributed by atoms with Crippen molar-refractivity contribution in [1.29, 1.82) is 0 Å². The third kappa shape index (κ3) is 3.55. The highest BCUT2D eigenvalue weighted by Crippen LogP contribution is 2.21. The molecule has 0 spiro atoms. The van der Waals surface area contributed by atoms with Gasteiger partial charge in [0.2, 0.25) is 0 Å². The predicted molar refractivity (Wildman–Crippen MR) is 60.4 cm³/mol. The summed E-state index contributed by atoms with van der Waals surface area (Å²) >= 11 is 1.48. The lowest BCUT2D eigenvalue weighted by Crippen LogP contribution is -2.19. The minimum absolute atomic E-state index is 0.417. The second kappa shape index (κ2) is 6.68. The number of unbranched alkanes of at least 4 members (excludes halogenated alkanes) is 1. The van der Waals surface area contributed by atoms with Gasteiger partial charge in [-0.05, 0) is 37.3 Å². The Hall–Kier alpha value is -0.740. The predicted octanol–water partition coefficient (Wildman–Crippen LogP) is 2.55. The number of rotatable bonds is 7. The van der Waals surface area contributed by atoms with Gasteiger partial charge in [-0.25, -0.2) is 0 Å². The molecule has 3 nitrogen and oxygen atoms in total. The molecule has 1 heterocycles. The van der Waals surface area contributed by atoms with Crippen molar-refractivity contribution in [1.82, 2.24) is 14.9 Å². The van der Waals surface area contributed by atoms with Crippen LogP contribution in [0.15, 0.2) is 18.9 Å². The Bertz CT molecular complexity index is 246. The molecule has 0 aliphatic heterocycles. The van der Waals surface area contributed by atoms with Crippen LogP contribution in [0, 0.1) is 0 Å². The van der Waals surface area contributed by atoms with E-state index in [9.17, 15) is 0 Å². The van der Waals surface area contributed by atoms with Gasteiger partial charge in [-0.3, -0.25) is 0 Å². The molecule has 0 saturated heterocycles. The van der Waals surface area contributed by atoms with Crippen LogP contribution in [0.4, 0.5) is 0 Å². The molecule has 0 aliphatic rings. The zero-order valence-electron chi connectivity index (χ0n) is 8.57. The molecule has 78 valence electrons. The van der Waals surface area contributed by atoms with E-state index < -0.39 is 0 Å². The quantitative estimate of drug-likeness (QED) is 0.556. The third-order valence-electron chi connectivity index (χ3n) is 2.07. The van der Waals surface area contributed by atoms with Crippen molar-refractivity contribution in [2.75, 3.05) is 6.54 Å². The summed E-state index contributed by atoms with van der Waals surface area (Å²) in [6.45, 7) is 6.83. The summed E-state index contributed by atoms with van der Waals surface area (Å²) in [4.78, 5) is 1.23. The zero-order chi connectivity index (χ0) is 10.2. The highest BCUT2D eigenvalue weighted by Gasteiger charge is 2.11. The Morgan fingerprint density at radius 1 is 1.71 bits per heavy atom. The van der Waals surface area contributed by atoms with Crippen LogP contribution in [0.25, 0.3) is 0 Å². The van der Waals surface area contributed by atoms with E-state index in [4.69, 9.17) is 0 Å². The van der Waals surface area contributed by atoms with Gasteiger partial charge in [-0.2, -0.15) is 0 Å². The average Bonchev–Trinajstić information content (AvgIpc) is 2.70. The standard InChI is InChI=1S/C10H17N3S/c1-3-5-6-7-9(11-4-2)10-8-12-13-14-10/h3,8-9,11H,1,4-7H2,2H3. The molecule has 0 aliphatic carbocycles. The number of hydrogen-bond donors (Lipinski definition) is 1. The number of nitrogens with zero attached hydrogens (tertiary/aromatic N) is 2. The van der Waals surface area contributed by atoms with Crippen LogP contribution in [0.5, 0.6) is 0 Å². The smallest absolute Gasteiger partial charge is 0.0669 e. The molecule has 0 saturated carbocycles. The van der Waals surface area contributed by atoms with Gasteiger partial charge in [-0.1, -0.05) is 17.5 Å². The summed E-state index contributed by atoms with van der Waals surface area (Å²) in [6.07, 6.45) is 7.19. The second-order valence-corrected chi connectivity index (χ2v) is 3.97. The number of nitrogens with one attached hydrogen (secondary N) is 1. The van der Waals surface area contributed by atoms with E-state index in [0.29, 0.717) is 6.04 Å². The lowest BCUT2D eigenvalue weighted by Gasteiger charge is -2.14. The van der Waals surface area contributed by atoms with Crippen molar-refractivity contribution in [2.45, 2.75) is 32.2 Å². The van der Waals surface area contributed by atoms with Crippen molar-refractivity contribution in [2.24, 2.45) is 0 Å². The number of allylic oxidation sites excluding steroid dienone is 1. The largest absolute Gasteiger partial charge is 0.309 e. The van der Waals surface area contributed by atoms with E-state index in [1.807, 2.05) is 12.3 Å². The van der Waals surface area contributed by atoms with Crippen LogP contribution in [0.3, 0.4) is 0 Å². The summed E-state index contributed by atoms with van der Waals surface area (Å²) in [5, 5.41) is 7.30. The van der Waals surface area contributed by atoms with Gasteiger partial charge in [0.25, 0.3) is 0 Å². The van der Waals surface area contributed by atoms with E-state index in [1.165, 1.54) is 22.8 Å². The van der Waals surface area contributed by atoms with Gasteiger partial charge in [-0.15, -0.1) is 11.7 Å². The Labute approximate surface area is 89.4 Å². The highest BCUT2D eigenvalue weighted by atomic mass is 32.1. The van der Waals surface area contributed by atoms with Gasteiger partial charge < -0.3 is 5.32 Å². The topological polar surface area (TPSA) is 37.8 Å². The number of hydrogen-bond acceptors (Lipinski definition) is 4. The molecule has 0 bridgehead atoms. The van der Waals surface area contributed by atoms with Gasteiger partial charge in [0, 0.05) is 6.04 Å². The fraction of sp³-hybridized carbons (Fsp3) is 0.600. The van der Waals surface area contributed by atoms with E-state index in [2.05, 4.69) is 28.4 Å². The first-order chi connectivity index (χ1) is 6.88. The van der Waals surface area contributed by atoms with Crippen molar-refractivity contribution in [3.05, 3.63) is 23.7 Å². The molecule has 1 N–H and O–H groups in total. The van der Waals surface area contributed by atoms with E-state index in [-0.39, 0.29) is 0 Å². The molecule has 1 aromatic heterocycles. The molecular formula is C10H17N3S. The lowest BCUT2D eigenvalue weighted by atomic mass is 10.1. The second-order valence-electron chi connectivity index (χ2n) is 3.15. The Balaban J connectivity index is 2.43. The summed E-state index contributed by atoms with van der Waals surface area (Å²) in [7, 11) is 0. The fourth-order valence-electron chi connectivity index (χ4n) is 1.39. The third-order valence-corrected chi connectivity index (χ3v) is 2.85. The van der Waals surface area contributed by atoms with Crippen LogP contribution in [-0.2, 0) is 0 Å². The van der Waals surface area contributed by atoms with E-state index in [1.54, 1.807) is 0 Å². The summed E-state index contributed by atoms with van der Waals surface area (Å²) in [5.41, 5.74) is 0. The molecule has 0 amide bonds. The van der Waals surface area contributed by atoms with Crippen LogP contribution < -0.4 is 5.32 Å². The van der Waals surface area contributed by atoms with Gasteiger partial charge in [0.15, 0.2) is 0 Å². The minimum Gasteiger partial charge on any atom is -0.309 e. The van der Waals surface area contributed by atoms with E-state index in [0.717, 1.165) is 19.4 Å². The van der Waals surface area contributed by atoms with Crippen molar-refractivity contribution < 1.29 is 0 Å². The molecular weight excluding hydrogens is 194 g/mol. The lowest BCUT2D eigenvalue weighted by molar-refractivity contribution is 0.506. The maximum absolute atomic E-state index is 3.89. The van der Waals surface area contributed by atoms with Gasteiger partial charge >= 0.3 is 0 Å².